The molecule has 4 aromatic rings. The Balaban J connectivity index is 1.50. The number of carbonyl (C=O) groups excluding carboxylic acids is 1. The standard InChI is InChI=1S/C24H20ClN3O3S/c25-21-11-10-19(14-23(21)32(30,31)28-15-17-6-2-1-3-7-17)24(29)27-16-22-20-9-5-4-8-18(20)12-13-26-22/h1-14,28H,15-16H2,(H,27,29). The lowest BCUT2D eigenvalue weighted by atomic mass is 10.1. The Morgan fingerprint density at radius 3 is 2.47 bits per heavy atom. The third-order valence-corrected chi connectivity index (χ3v) is 6.85. The van der Waals surface area contributed by atoms with Crippen LogP contribution in [0.5, 0.6) is 0 Å². The van der Waals surface area contributed by atoms with E-state index in [0.717, 1.165) is 22.0 Å². The van der Waals surface area contributed by atoms with Gasteiger partial charge in [0.15, 0.2) is 0 Å². The average molecular weight is 466 g/mol. The number of pyridine rings is 1. The van der Waals surface area contributed by atoms with Crippen molar-refractivity contribution < 1.29 is 13.2 Å². The van der Waals surface area contributed by atoms with E-state index in [9.17, 15) is 13.2 Å². The summed E-state index contributed by atoms with van der Waals surface area (Å²) in [6, 6.07) is 23.0. The van der Waals surface area contributed by atoms with Crippen LogP contribution in [0.4, 0.5) is 0 Å². The van der Waals surface area contributed by atoms with Gasteiger partial charge in [0, 0.05) is 23.7 Å². The summed E-state index contributed by atoms with van der Waals surface area (Å²) < 4.78 is 28.1. The number of halogens is 1. The van der Waals surface area contributed by atoms with Gasteiger partial charge in [0.25, 0.3) is 5.91 Å². The lowest BCUT2D eigenvalue weighted by Crippen LogP contribution is -2.26. The molecule has 0 bridgehead atoms. The van der Waals surface area contributed by atoms with E-state index in [2.05, 4.69) is 15.0 Å². The second-order valence-electron chi connectivity index (χ2n) is 7.12. The number of hydrogen-bond donors (Lipinski definition) is 2. The van der Waals surface area contributed by atoms with Crippen molar-refractivity contribution in [3.63, 3.8) is 0 Å². The molecule has 0 saturated heterocycles. The molecule has 0 saturated carbocycles. The van der Waals surface area contributed by atoms with Crippen molar-refractivity contribution in [2.24, 2.45) is 0 Å². The zero-order valence-electron chi connectivity index (χ0n) is 17.0. The van der Waals surface area contributed by atoms with Gasteiger partial charge in [0.1, 0.15) is 4.90 Å². The van der Waals surface area contributed by atoms with E-state index >= 15 is 0 Å². The lowest BCUT2D eigenvalue weighted by molar-refractivity contribution is 0.0950. The van der Waals surface area contributed by atoms with Crippen LogP contribution in [-0.4, -0.2) is 19.3 Å². The molecule has 32 heavy (non-hydrogen) atoms. The number of hydrogen-bond acceptors (Lipinski definition) is 4. The van der Waals surface area contributed by atoms with Crippen LogP contribution in [0.25, 0.3) is 10.8 Å². The van der Waals surface area contributed by atoms with Gasteiger partial charge in [-0.25, -0.2) is 13.1 Å². The molecule has 3 aromatic carbocycles. The number of benzene rings is 3. The fraction of sp³-hybridized carbons (Fsp3) is 0.0833. The average Bonchev–Trinajstić information content (AvgIpc) is 2.82. The van der Waals surface area contributed by atoms with Crippen LogP contribution in [-0.2, 0) is 23.1 Å². The van der Waals surface area contributed by atoms with Crippen LogP contribution in [0.3, 0.4) is 0 Å². The monoisotopic (exact) mass is 465 g/mol. The number of sulfonamides is 1. The first-order chi connectivity index (χ1) is 15.4. The lowest BCUT2D eigenvalue weighted by Gasteiger charge is -2.11. The highest BCUT2D eigenvalue weighted by Gasteiger charge is 2.20. The van der Waals surface area contributed by atoms with Crippen molar-refractivity contribution in [2.75, 3.05) is 0 Å². The van der Waals surface area contributed by atoms with E-state index in [-0.39, 0.29) is 28.6 Å². The van der Waals surface area contributed by atoms with Crippen molar-refractivity contribution in [2.45, 2.75) is 18.0 Å². The van der Waals surface area contributed by atoms with Gasteiger partial charge in [-0.1, -0.05) is 66.2 Å². The van der Waals surface area contributed by atoms with Gasteiger partial charge in [-0.15, -0.1) is 0 Å². The first-order valence-corrected chi connectivity index (χ1v) is 11.7. The van der Waals surface area contributed by atoms with Gasteiger partial charge < -0.3 is 5.32 Å². The minimum atomic E-state index is -3.92. The molecule has 162 valence electrons. The van der Waals surface area contributed by atoms with E-state index in [0.29, 0.717) is 0 Å². The highest BCUT2D eigenvalue weighted by atomic mass is 35.5. The number of nitrogens with one attached hydrogen (secondary N) is 2. The van der Waals surface area contributed by atoms with Crippen molar-refractivity contribution in [3.05, 3.63) is 107 Å². The van der Waals surface area contributed by atoms with Crippen molar-refractivity contribution in [3.8, 4) is 0 Å². The molecule has 4 rings (SSSR count). The first kappa shape index (κ1) is 22.0. The van der Waals surface area contributed by atoms with Gasteiger partial charge in [-0.2, -0.15) is 0 Å². The van der Waals surface area contributed by atoms with Crippen molar-refractivity contribution >= 4 is 38.3 Å². The summed E-state index contributed by atoms with van der Waals surface area (Å²) in [6.07, 6.45) is 1.69. The van der Waals surface area contributed by atoms with Crippen LogP contribution in [0.15, 0.2) is 90.0 Å². The Morgan fingerprint density at radius 1 is 0.906 bits per heavy atom. The molecule has 0 spiro atoms. The SMILES string of the molecule is O=C(NCc1nccc2ccccc12)c1ccc(Cl)c(S(=O)(=O)NCc2ccccc2)c1. The smallest absolute Gasteiger partial charge is 0.251 e. The summed E-state index contributed by atoms with van der Waals surface area (Å²) >= 11 is 6.14. The molecule has 2 N–H and O–H groups in total. The summed E-state index contributed by atoms with van der Waals surface area (Å²) in [4.78, 5) is 16.9. The molecule has 0 fully saturated rings. The molecular weight excluding hydrogens is 446 g/mol. The molecule has 0 aliphatic rings. The normalized spacial score (nSPS) is 11.4. The molecule has 6 nitrogen and oxygen atoms in total. The molecule has 0 atom stereocenters. The minimum absolute atomic E-state index is 0.0397. The van der Waals surface area contributed by atoms with Gasteiger partial charge >= 0.3 is 0 Å². The number of fused-ring (bicyclic) bond motifs is 1. The number of rotatable bonds is 7. The highest BCUT2D eigenvalue weighted by molar-refractivity contribution is 7.89. The van der Waals surface area contributed by atoms with Crippen molar-refractivity contribution in [1.82, 2.24) is 15.0 Å². The highest BCUT2D eigenvalue weighted by Crippen LogP contribution is 2.23. The maximum Gasteiger partial charge on any atom is 0.251 e. The first-order valence-electron chi connectivity index (χ1n) is 9.88. The number of nitrogens with zero attached hydrogens (tertiary/aromatic N) is 1. The number of aromatic nitrogens is 1. The molecule has 0 unspecified atom stereocenters. The summed E-state index contributed by atoms with van der Waals surface area (Å²) in [5.41, 5.74) is 1.72. The summed E-state index contributed by atoms with van der Waals surface area (Å²) in [5, 5.41) is 4.81. The fourth-order valence-corrected chi connectivity index (χ4v) is 4.83. The topological polar surface area (TPSA) is 88.2 Å². The van der Waals surface area contributed by atoms with E-state index in [1.165, 1.54) is 18.2 Å². The van der Waals surface area contributed by atoms with Gasteiger partial charge in [0.2, 0.25) is 10.0 Å². The maximum atomic E-state index is 12.8. The van der Waals surface area contributed by atoms with Crippen LogP contribution in [0.2, 0.25) is 5.02 Å². The molecule has 0 radical (unpaired) electrons. The fourth-order valence-electron chi connectivity index (χ4n) is 3.29. The van der Waals surface area contributed by atoms with E-state index < -0.39 is 15.9 Å². The van der Waals surface area contributed by atoms with Crippen LogP contribution in [0, 0.1) is 0 Å². The van der Waals surface area contributed by atoms with E-state index in [4.69, 9.17) is 11.6 Å². The quantitative estimate of drug-likeness (QED) is 0.426. The molecule has 1 amide bonds. The maximum absolute atomic E-state index is 12.8. The minimum Gasteiger partial charge on any atom is -0.346 e. The largest absolute Gasteiger partial charge is 0.346 e. The molecular formula is C24H20ClN3O3S. The molecule has 8 heteroatoms. The Hall–Kier alpha value is -3.26. The predicted molar refractivity (Wildman–Crippen MR) is 125 cm³/mol. The van der Waals surface area contributed by atoms with Crippen LogP contribution < -0.4 is 10.0 Å². The van der Waals surface area contributed by atoms with Crippen LogP contribution in [0.1, 0.15) is 21.6 Å². The summed E-state index contributed by atoms with van der Waals surface area (Å²) in [5.74, 6) is -0.420. The van der Waals surface area contributed by atoms with Gasteiger partial charge in [0.05, 0.1) is 17.3 Å². The Bertz CT molecular complexity index is 1370. The van der Waals surface area contributed by atoms with Crippen LogP contribution >= 0.6 is 11.6 Å². The number of carbonyl (C=O) groups is 1. The van der Waals surface area contributed by atoms with E-state index in [1.54, 1.807) is 6.20 Å². The van der Waals surface area contributed by atoms with Gasteiger partial charge in [-0.05, 0) is 35.2 Å². The predicted octanol–water partition coefficient (Wildman–Crippen LogP) is 4.30. The second-order valence-corrected chi connectivity index (χ2v) is 9.26. The number of amides is 1. The molecule has 1 heterocycles. The molecule has 1 aromatic heterocycles. The Labute approximate surface area is 191 Å². The summed E-state index contributed by atoms with van der Waals surface area (Å²) in [6.45, 7) is 0.319. The van der Waals surface area contributed by atoms with Crippen molar-refractivity contribution in [1.29, 1.82) is 0 Å². The third kappa shape index (κ3) is 4.96. The zero-order chi connectivity index (χ0) is 22.6. The second kappa shape index (κ2) is 9.48. The zero-order valence-corrected chi connectivity index (χ0v) is 18.5. The summed E-state index contributed by atoms with van der Waals surface area (Å²) in [7, 11) is -3.92. The third-order valence-electron chi connectivity index (χ3n) is 4.96. The molecule has 0 aliphatic heterocycles. The molecule has 0 aliphatic carbocycles. The Kier molecular flexibility index (Phi) is 6.50. The van der Waals surface area contributed by atoms with E-state index in [1.807, 2.05) is 60.7 Å². The Morgan fingerprint density at radius 2 is 1.66 bits per heavy atom. The van der Waals surface area contributed by atoms with Gasteiger partial charge in [-0.3, -0.25) is 9.78 Å².